The highest BCUT2D eigenvalue weighted by molar-refractivity contribution is 6.07. The topological polar surface area (TPSA) is 71.0 Å². The molecular weight excluding hydrogens is 409 g/mol. The maximum Gasteiger partial charge on any atom is 0.249 e. The highest BCUT2D eigenvalue weighted by Crippen LogP contribution is 2.47. The van der Waals surface area contributed by atoms with Crippen molar-refractivity contribution in [2.45, 2.75) is 43.6 Å². The second kappa shape index (κ2) is 8.04. The third-order valence-corrected chi connectivity index (χ3v) is 6.92. The number of ether oxygens (including phenoxy) is 1. The fourth-order valence-electron chi connectivity index (χ4n) is 5.24. The number of likely N-dealkylation sites (N-methyl/N-ethyl adjacent to an activating group) is 1. The quantitative estimate of drug-likeness (QED) is 0.798. The number of rotatable bonds is 3. The van der Waals surface area contributed by atoms with Gasteiger partial charge >= 0.3 is 0 Å². The van der Waals surface area contributed by atoms with E-state index in [0.717, 1.165) is 31.2 Å². The van der Waals surface area contributed by atoms with Gasteiger partial charge in [-0.3, -0.25) is 14.5 Å². The van der Waals surface area contributed by atoms with Crippen LogP contribution in [-0.4, -0.2) is 36.3 Å². The molecule has 6 nitrogen and oxygen atoms in total. The molecule has 1 N–H and O–H groups in total. The number of para-hydroxylation sites is 1. The molecule has 2 unspecified atom stereocenters. The molecular formula is C25H26FN3O3. The first-order chi connectivity index (χ1) is 15.5. The fourth-order valence-corrected chi connectivity index (χ4v) is 5.24. The van der Waals surface area contributed by atoms with Crippen LogP contribution >= 0.6 is 0 Å². The van der Waals surface area contributed by atoms with Crippen LogP contribution in [0.5, 0.6) is 5.75 Å². The van der Waals surface area contributed by atoms with Crippen LogP contribution in [0.1, 0.15) is 49.1 Å². The van der Waals surface area contributed by atoms with E-state index in [2.05, 4.69) is 10.3 Å². The molecule has 2 amide bonds. The SMILES string of the molecule is CN1C(=O)C2c3ccccc3OCC2(c2cccc(F)c2)N/C1=N/C(=O)CC1CCCC1. The van der Waals surface area contributed by atoms with Crippen LogP contribution in [0, 0.1) is 11.7 Å². The van der Waals surface area contributed by atoms with E-state index in [1.165, 1.54) is 17.0 Å². The van der Waals surface area contributed by atoms with Crippen LogP contribution in [0.15, 0.2) is 53.5 Å². The molecule has 2 fully saturated rings. The number of nitrogens with zero attached hydrogens (tertiary/aromatic N) is 2. The van der Waals surface area contributed by atoms with E-state index in [0.29, 0.717) is 23.7 Å². The molecule has 2 aromatic rings. The molecule has 0 radical (unpaired) electrons. The summed E-state index contributed by atoms with van der Waals surface area (Å²) in [6.45, 7) is 0.105. The number of aliphatic imine (C=N–C) groups is 1. The summed E-state index contributed by atoms with van der Waals surface area (Å²) < 4.78 is 20.3. The molecule has 2 heterocycles. The monoisotopic (exact) mass is 435 g/mol. The summed E-state index contributed by atoms with van der Waals surface area (Å²) in [5, 5.41) is 3.33. The van der Waals surface area contributed by atoms with Gasteiger partial charge in [0.15, 0.2) is 0 Å². The van der Waals surface area contributed by atoms with Gasteiger partial charge in [-0.1, -0.05) is 43.2 Å². The predicted octanol–water partition coefficient (Wildman–Crippen LogP) is 3.72. The van der Waals surface area contributed by atoms with E-state index in [1.54, 1.807) is 19.2 Å². The van der Waals surface area contributed by atoms with Crippen molar-refractivity contribution < 1.29 is 18.7 Å². The van der Waals surface area contributed by atoms with Crippen LogP contribution in [0.25, 0.3) is 0 Å². The van der Waals surface area contributed by atoms with E-state index in [1.807, 2.05) is 24.3 Å². The Bertz CT molecular complexity index is 1100. The summed E-state index contributed by atoms with van der Waals surface area (Å²) in [5.41, 5.74) is 0.227. The number of carbonyl (C=O) groups excluding carboxylic acids is 2. The Morgan fingerprint density at radius 3 is 2.78 bits per heavy atom. The van der Waals surface area contributed by atoms with Gasteiger partial charge in [0.05, 0.1) is 5.92 Å². The third-order valence-electron chi connectivity index (χ3n) is 6.92. The number of nitrogens with one attached hydrogen (secondary N) is 1. The summed E-state index contributed by atoms with van der Waals surface area (Å²) in [7, 11) is 1.62. The number of fused-ring (bicyclic) bond motifs is 3. The van der Waals surface area contributed by atoms with Gasteiger partial charge in [-0.2, -0.15) is 4.99 Å². The lowest BCUT2D eigenvalue weighted by Gasteiger charge is -2.50. The Hall–Kier alpha value is -3.22. The van der Waals surface area contributed by atoms with Crippen molar-refractivity contribution in [1.82, 2.24) is 10.2 Å². The molecule has 1 saturated carbocycles. The number of amides is 2. The molecule has 166 valence electrons. The lowest BCUT2D eigenvalue weighted by atomic mass is 9.71. The molecule has 1 saturated heterocycles. The van der Waals surface area contributed by atoms with Gasteiger partial charge in [-0.05, 0) is 42.5 Å². The van der Waals surface area contributed by atoms with Crippen LogP contribution < -0.4 is 10.1 Å². The number of halogens is 1. The summed E-state index contributed by atoms with van der Waals surface area (Å²) in [6.07, 6.45) is 4.75. The van der Waals surface area contributed by atoms with Crippen molar-refractivity contribution >= 4 is 17.8 Å². The minimum Gasteiger partial charge on any atom is -0.490 e. The molecule has 1 aliphatic carbocycles. The minimum atomic E-state index is -1.08. The van der Waals surface area contributed by atoms with Crippen molar-refractivity contribution in [1.29, 1.82) is 0 Å². The number of hydrogen-bond acceptors (Lipinski definition) is 3. The molecule has 2 aromatic carbocycles. The van der Waals surface area contributed by atoms with Gasteiger partial charge in [-0.25, -0.2) is 4.39 Å². The Morgan fingerprint density at radius 2 is 2.00 bits per heavy atom. The summed E-state index contributed by atoms with van der Waals surface area (Å²) in [4.78, 5) is 32.1. The largest absolute Gasteiger partial charge is 0.490 e. The molecule has 2 atom stereocenters. The van der Waals surface area contributed by atoms with Crippen molar-refractivity contribution in [2.75, 3.05) is 13.7 Å². The third kappa shape index (κ3) is 3.45. The molecule has 0 spiro atoms. The van der Waals surface area contributed by atoms with E-state index in [-0.39, 0.29) is 24.4 Å². The van der Waals surface area contributed by atoms with Crippen molar-refractivity contribution in [3.05, 3.63) is 65.5 Å². The summed E-state index contributed by atoms with van der Waals surface area (Å²) >= 11 is 0. The van der Waals surface area contributed by atoms with Crippen LogP contribution in [0.3, 0.4) is 0 Å². The van der Waals surface area contributed by atoms with Gasteiger partial charge in [0.1, 0.15) is 23.7 Å². The van der Waals surface area contributed by atoms with Crippen molar-refractivity contribution in [3.63, 3.8) is 0 Å². The average molecular weight is 435 g/mol. The Kier molecular flexibility index (Phi) is 5.19. The zero-order valence-electron chi connectivity index (χ0n) is 18.0. The lowest BCUT2D eigenvalue weighted by molar-refractivity contribution is -0.133. The normalized spacial score (nSPS) is 26.3. The molecule has 5 rings (SSSR count). The number of guanidine groups is 1. The number of carbonyl (C=O) groups is 2. The summed E-state index contributed by atoms with van der Waals surface area (Å²) in [5.74, 6) is -0.347. The molecule has 7 heteroatoms. The van der Waals surface area contributed by atoms with Gasteiger partial charge in [0.2, 0.25) is 17.8 Å². The predicted molar refractivity (Wildman–Crippen MR) is 118 cm³/mol. The first-order valence-corrected chi connectivity index (χ1v) is 11.1. The van der Waals surface area contributed by atoms with Crippen LogP contribution in [-0.2, 0) is 15.1 Å². The molecule has 0 bridgehead atoms. The van der Waals surface area contributed by atoms with Gasteiger partial charge in [0.25, 0.3) is 0 Å². The maximum atomic E-state index is 14.2. The molecule has 0 aromatic heterocycles. The first-order valence-electron chi connectivity index (χ1n) is 11.1. The van der Waals surface area contributed by atoms with Gasteiger partial charge in [0, 0.05) is 19.0 Å². The zero-order chi connectivity index (χ0) is 22.3. The van der Waals surface area contributed by atoms with Gasteiger partial charge in [-0.15, -0.1) is 0 Å². The maximum absolute atomic E-state index is 14.2. The smallest absolute Gasteiger partial charge is 0.249 e. The molecule has 3 aliphatic rings. The highest BCUT2D eigenvalue weighted by atomic mass is 19.1. The standard InChI is InChI=1S/C25H26FN3O3/c1-29-23(31)22-19-11-4-5-12-20(19)32-15-25(22,17-9-6-10-18(26)14-17)28-24(29)27-21(30)13-16-7-2-3-8-16/h4-6,9-12,14,16,22H,2-3,7-8,13,15H2,1H3,(H,27,28,30). The van der Waals surface area contributed by atoms with Crippen LogP contribution in [0.2, 0.25) is 0 Å². The average Bonchev–Trinajstić information content (AvgIpc) is 3.29. The Morgan fingerprint density at radius 1 is 1.22 bits per heavy atom. The van der Waals surface area contributed by atoms with Gasteiger partial charge < -0.3 is 10.1 Å². The lowest BCUT2D eigenvalue weighted by Crippen LogP contribution is -2.67. The molecule has 2 aliphatic heterocycles. The number of benzene rings is 2. The Balaban J connectivity index is 1.57. The minimum absolute atomic E-state index is 0.105. The van der Waals surface area contributed by atoms with E-state index in [9.17, 15) is 14.0 Å². The van der Waals surface area contributed by atoms with E-state index >= 15 is 0 Å². The second-order valence-corrected chi connectivity index (χ2v) is 8.95. The molecule has 32 heavy (non-hydrogen) atoms. The first kappa shape index (κ1) is 20.7. The summed E-state index contributed by atoms with van der Waals surface area (Å²) in [6, 6.07) is 13.6. The van der Waals surface area contributed by atoms with Crippen LogP contribution in [0.4, 0.5) is 4.39 Å². The van der Waals surface area contributed by atoms with E-state index in [4.69, 9.17) is 4.74 Å². The van der Waals surface area contributed by atoms with Crippen molar-refractivity contribution in [2.24, 2.45) is 10.9 Å². The van der Waals surface area contributed by atoms with Crippen molar-refractivity contribution in [3.8, 4) is 5.75 Å². The Labute approximate surface area is 186 Å². The number of hydrogen-bond donors (Lipinski definition) is 1. The fraction of sp³-hybridized carbons (Fsp3) is 0.400. The zero-order valence-corrected chi connectivity index (χ0v) is 18.0. The highest BCUT2D eigenvalue weighted by Gasteiger charge is 2.55. The second-order valence-electron chi connectivity index (χ2n) is 8.95. The van der Waals surface area contributed by atoms with E-state index < -0.39 is 17.3 Å².